The lowest BCUT2D eigenvalue weighted by atomic mass is 10.2. The van der Waals surface area contributed by atoms with Crippen molar-refractivity contribution in [3.63, 3.8) is 0 Å². The monoisotopic (exact) mass is 284 g/mol. The molecule has 0 spiro atoms. The van der Waals surface area contributed by atoms with Gasteiger partial charge in [-0.2, -0.15) is 5.26 Å². The van der Waals surface area contributed by atoms with Crippen LogP contribution in [0.4, 0.5) is 5.69 Å². The molecule has 0 aromatic heterocycles. The van der Waals surface area contributed by atoms with E-state index in [0.717, 1.165) is 16.2 Å². The molecule has 4 heteroatoms. The fraction of sp³-hybridized carbons (Fsp3) is 0.188. The number of nitrogen functional groups attached to an aromatic ring is 1. The molecular formula is C16H16N2OS. The van der Waals surface area contributed by atoms with Gasteiger partial charge in [-0.15, -0.1) is 11.8 Å². The van der Waals surface area contributed by atoms with Crippen molar-refractivity contribution >= 4 is 17.4 Å². The highest BCUT2D eigenvalue weighted by atomic mass is 32.2. The third kappa shape index (κ3) is 3.06. The van der Waals surface area contributed by atoms with Gasteiger partial charge in [0.15, 0.2) is 0 Å². The van der Waals surface area contributed by atoms with Gasteiger partial charge in [-0.05, 0) is 48.6 Å². The Bertz CT molecular complexity index is 662. The standard InChI is InChI=1S/C16H16N2OS/c1-3-20-16-6-4-5-15(13(16)10-17)19-14-8-7-12(18)9-11(14)2/h4-9H,3,18H2,1-2H3. The molecule has 20 heavy (non-hydrogen) atoms. The fourth-order valence-electron chi connectivity index (χ4n) is 1.89. The summed E-state index contributed by atoms with van der Waals surface area (Å²) in [7, 11) is 0. The van der Waals surface area contributed by atoms with Crippen molar-refractivity contribution in [1.29, 1.82) is 5.26 Å². The van der Waals surface area contributed by atoms with Gasteiger partial charge in [0.1, 0.15) is 23.1 Å². The maximum absolute atomic E-state index is 9.35. The first-order chi connectivity index (χ1) is 9.65. The van der Waals surface area contributed by atoms with Crippen LogP contribution < -0.4 is 10.5 Å². The first-order valence-electron chi connectivity index (χ1n) is 6.35. The third-order valence-corrected chi connectivity index (χ3v) is 3.76. The lowest BCUT2D eigenvalue weighted by molar-refractivity contribution is 0.476. The van der Waals surface area contributed by atoms with Crippen LogP contribution >= 0.6 is 11.8 Å². The topological polar surface area (TPSA) is 59.0 Å². The van der Waals surface area contributed by atoms with Crippen molar-refractivity contribution in [1.82, 2.24) is 0 Å². The van der Waals surface area contributed by atoms with E-state index < -0.39 is 0 Å². The summed E-state index contributed by atoms with van der Waals surface area (Å²) in [4.78, 5) is 0.945. The second kappa shape index (κ2) is 6.36. The van der Waals surface area contributed by atoms with Crippen LogP contribution in [-0.4, -0.2) is 5.75 Å². The number of thioether (sulfide) groups is 1. The van der Waals surface area contributed by atoms with Crippen LogP contribution in [0, 0.1) is 18.3 Å². The van der Waals surface area contributed by atoms with E-state index in [-0.39, 0.29) is 0 Å². The summed E-state index contributed by atoms with van der Waals surface area (Å²) in [6.07, 6.45) is 0. The fourth-order valence-corrected chi connectivity index (χ4v) is 2.66. The molecule has 0 unspecified atom stereocenters. The Kier molecular flexibility index (Phi) is 4.54. The summed E-state index contributed by atoms with van der Waals surface area (Å²) in [6, 6.07) is 13.4. The molecule has 2 N–H and O–H groups in total. The highest BCUT2D eigenvalue weighted by Crippen LogP contribution is 2.33. The molecule has 0 fully saturated rings. The van der Waals surface area contributed by atoms with Crippen molar-refractivity contribution in [2.24, 2.45) is 0 Å². The number of nitrogens with two attached hydrogens (primary N) is 1. The lowest BCUT2D eigenvalue weighted by Crippen LogP contribution is -1.94. The van der Waals surface area contributed by atoms with E-state index in [9.17, 15) is 5.26 Å². The van der Waals surface area contributed by atoms with E-state index in [2.05, 4.69) is 13.0 Å². The van der Waals surface area contributed by atoms with Crippen molar-refractivity contribution in [3.8, 4) is 17.6 Å². The highest BCUT2D eigenvalue weighted by Gasteiger charge is 2.11. The van der Waals surface area contributed by atoms with Crippen LogP contribution in [-0.2, 0) is 0 Å². The number of ether oxygens (including phenoxy) is 1. The number of nitrogens with zero attached hydrogens (tertiary/aromatic N) is 1. The van der Waals surface area contributed by atoms with Gasteiger partial charge in [0, 0.05) is 10.6 Å². The van der Waals surface area contributed by atoms with E-state index in [0.29, 0.717) is 22.7 Å². The molecule has 0 aliphatic heterocycles. The van der Waals surface area contributed by atoms with Gasteiger partial charge in [-0.1, -0.05) is 13.0 Å². The molecular weight excluding hydrogens is 268 g/mol. The van der Waals surface area contributed by atoms with Crippen molar-refractivity contribution in [3.05, 3.63) is 47.5 Å². The molecule has 2 aromatic carbocycles. The van der Waals surface area contributed by atoms with E-state index >= 15 is 0 Å². The number of benzene rings is 2. The molecule has 0 saturated carbocycles. The zero-order valence-electron chi connectivity index (χ0n) is 11.5. The van der Waals surface area contributed by atoms with Crippen molar-refractivity contribution < 1.29 is 4.74 Å². The number of nitriles is 1. The smallest absolute Gasteiger partial charge is 0.146 e. The van der Waals surface area contributed by atoms with Crippen LogP contribution in [0.1, 0.15) is 18.1 Å². The molecule has 0 bridgehead atoms. The Hall–Kier alpha value is -2.12. The number of hydrogen-bond donors (Lipinski definition) is 1. The van der Waals surface area contributed by atoms with Crippen LogP contribution in [0.5, 0.6) is 11.5 Å². The lowest BCUT2D eigenvalue weighted by Gasteiger charge is -2.12. The van der Waals surface area contributed by atoms with Gasteiger partial charge in [-0.3, -0.25) is 0 Å². The van der Waals surface area contributed by atoms with Crippen molar-refractivity contribution in [2.45, 2.75) is 18.7 Å². The molecule has 0 heterocycles. The number of anilines is 1. The number of hydrogen-bond acceptors (Lipinski definition) is 4. The highest BCUT2D eigenvalue weighted by molar-refractivity contribution is 7.99. The predicted molar refractivity (Wildman–Crippen MR) is 83.2 cm³/mol. The van der Waals surface area contributed by atoms with Gasteiger partial charge in [0.25, 0.3) is 0 Å². The average Bonchev–Trinajstić information content (AvgIpc) is 2.42. The Balaban J connectivity index is 2.38. The third-order valence-electron chi connectivity index (χ3n) is 2.82. The normalized spacial score (nSPS) is 10.1. The molecule has 0 amide bonds. The zero-order valence-corrected chi connectivity index (χ0v) is 12.3. The predicted octanol–water partition coefficient (Wildman–Crippen LogP) is 4.35. The van der Waals surface area contributed by atoms with Gasteiger partial charge in [-0.25, -0.2) is 0 Å². The summed E-state index contributed by atoms with van der Waals surface area (Å²) >= 11 is 1.64. The summed E-state index contributed by atoms with van der Waals surface area (Å²) in [6.45, 7) is 3.99. The Morgan fingerprint density at radius 1 is 1.25 bits per heavy atom. The van der Waals surface area contributed by atoms with Crippen LogP contribution in [0.15, 0.2) is 41.3 Å². The molecule has 0 aliphatic carbocycles. The Morgan fingerprint density at radius 3 is 2.70 bits per heavy atom. The van der Waals surface area contributed by atoms with E-state index in [1.165, 1.54) is 0 Å². The van der Waals surface area contributed by atoms with Crippen LogP contribution in [0.3, 0.4) is 0 Å². The summed E-state index contributed by atoms with van der Waals surface area (Å²) in [5.74, 6) is 2.21. The minimum Gasteiger partial charge on any atom is -0.456 e. The minimum atomic E-state index is 0.579. The molecule has 3 nitrogen and oxygen atoms in total. The van der Waals surface area contributed by atoms with Crippen LogP contribution in [0.2, 0.25) is 0 Å². The molecule has 0 saturated heterocycles. The van der Waals surface area contributed by atoms with Crippen molar-refractivity contribution in [2.75, 3.05) is 11.5 Å². The Morgan fingerprint density at radius 2 is 2.05 bits per heavy atom. The summed E-state index contributed by atoms with van der Waals surface area (Å²) in [5.41, 5.74) is 7.96. The molecule has 2 aromatic rings. The largest absolute Gasteiger partial charge is 0.456 e. The molecule has 0 atom stereocenters. The van der Waals surface area contributed by atoms with Gasteiger partial charge >= 0.3 is 0 Å². The molecule has 0 radical (unpaired) electrons. The average molecular weight is 284 g/mol. The number of aryl methyl sites for hydroxylation is 1. The minimum absolute atomic E-state index is 0.579. The first kappa shape index (κ1) is 14.3. The maximum atomic E-state index is 9.35. The Labute approximate surface area is 123 Å². The molecule has 0 aliphatic rings. The van der Waals surface area contributed by atoms with Gasteiger partial charge < -0.3 is 10.5 Å². The summed E-state index contributed by atoms with van der Waals surface area (Å²) in [5, 5.41) is 9.35. The first-order valence-corrected chi connectivity index (χ1v) is 7.34. The summed E-state index contributed by atoms with van der Waals surface area (Å²) < 4.78 is 5.88. The second-order valence-electron chi connectivity index (χ2n) is 4.30. The zero-order chi connectivity index (χ0) is 14.5. The van der Waals surface area contributed by atoms with Gasteiger partial charge in [0.05, 0.1) is 0 Å². The number of rotatable bonds is 4. The van der Waals surface area contributed by atoms with E-state index in [4.69, 9.17) is 10.5 Å². The SMILES string of the molecule is CCSc1cccc(Oc2ccc(N)cc2C)c1C#N. The van der Waals surface area contributed by atoms with E-state index in [1.807, 2.05) is 37.3 Å². The molecule has 2 rings (SSSR count). The van der Waals surface area contributed by atoms with E-state index in [1.54, 1.807) is 17.8 Å². The quantitative estimate of drug-likeness (QED) is 0.669. The van der Waals surface area contributed by atoms with Crippen LogP contribution in [0.25, 0.3) is 0 Å². The van der Waals surface area contributed by atoms with Gasteiger partial charge in [0.2, 0.25) is 0 Å². The molecule has 102 valence electrons. The maximum Gasteiger partial charge on any atom is 0.146 e. The second-order valence-corrected chi connectivity index (χ2v) is 5.61.